The zero-order valence-electron chi connectivity index (χ0n) is 12.0. The Labute approximate surface area is 120 Å². The molecule has 0 aliphatic heterocycles. The van der Waals surface area contributed by atoms with Gasteiger partial charge in [0, 0.05) is 5.56 Å². The van der Waals surface area contributed by atoms with Gasteiger partial charge in [-0.05, 0) is 55.0 Å². The minimum absolute atomic E-state index is 0.629. The van der Waals surface area contributed by atoms with Gasteiger partial charge in [0.2, 0.25) is 0 Å². The quantitative estimate of drug-likeness (QED) is 0.922. The van der Waals surface area contributed by atoms with Crippen LogP contribution in [0.1, 0.15) is 40.3 Å². The summed E-state index contributed by atoms with van der Waals surface area (Å²) in [6.07, 6.45) is 2.89. The number of hydrogen-bond donors (Lipinski definition) is 1. The van der Waals surface area contributed by atoms with E-state index >= 15 is 0 Å². The summed E-state index contributed by atoms with van der Waals surface area (Å²) in [7, 11) is 1.64. The third-order valence-electron chi connectivity index (χ3n) is 4.12. The Morgan fingerprint density at radius 1 is 1.05 bits per heavy atom. The fourth-order valence-corrected chi connectivity index (χ4v) is 3.01. The van der Waals surface area contributed by atoms with Gasteiger partial charge in [-0.25, -0.2) is 0 Å². The lowest BCUT2D eigenvalue weighted by Crippen LogP contribution is -2.03. The van der Waals surface area contributed by atoms with Gasteiger partial charge in [0.15, 0.2) is 0 Å². The van der Waals surface area contributed by atoms with Gasteiger partial charge < -0.3 is 9.84 Å². The van der Waals surface area contributed by atoms with Crippen molar-refractivity contribution >= 4 is 0 Å². The molecule has 3 rings (SSSR count). The summed E-state index contributed by atoms with van der Waals surface area (Å²) in [4.78, 5) is 0. The Bertz CT molecular complexity index is 631. The van der Waals surface area contributed by atoms with Crippen molar-refractivity contribution in [2.75, 3.05) is 7.11 Å². The molecule has 20 heavy (non-hydrogen) atoms. The van der Waals surface area contributed by atoms with Crippen molar-refractivity contribution in [1.82, 2.24) is 0 Å². The molecule has 0 saturated carbocycles. The van der Waals surface area contributed by atoms with Crippen LogP contribution in [-0.4, -0.2) is 12.2 Å². The predicted octanol–water partition coefficient (Wildman–Crippen LogP) is 3.57. The van der Waals surface area contributed by atoms with Gasteiger partial charge in [-0.1, -0.05) is 29.8 Å². The number of methoxy groups -OCH3 is 1. The van der Waals surface area contributed by atoms with E-state index in [4.69, 9.17) is 4.74 Å². The van der Waals surface area contributed by atoms with Crippen LogP contribution in [0.5, 0.6) is 5.75 Å². The second-order valence-corrected chi connectivity index (χ2v) is 5.53. The molecular weight excluding hydrogens is 248 g/mol. The van der Waals surface area contributed by atoms with Crippen LogP contribution in [0.25, 0.3) is 0 Å². The molecule has 2 aromatic rings. The fraction of sp³-hybridized carbons (Fsp3) is 0.333. The molecular formula is C18H20O2. The van der Waals surface area contributed by atoms with Crippen molar-refractivity contribution in [3.63, 3.8) is 0 Å². The third-order valence-corrected chi connectivity index (χ3v) is 4.12. The minimum Gasteiger partial charge on any atom is -0.496 e. The van der Waals surface area contributed by atoms with E-state index in [9.17, 15) is 5.11 Å². The maximum atomic E-state index is 10.7. The summed E-state index contributed by atoms with van der Waals surface area (Å²) in [6.45, 7) is 2.03. The molecule has 0 spiro atoms. The molecule has 1 aliphatic carbocycles. The van der Waals surface area contributed by atoms with Crippen molar-refractivity contribution in [1.29, 1.82) is 0 Å². The van der Waals surface area contributed by atoms with E-state index < -0.39 is 6.10 Å². The first-order chi connectivity index (χ1) is 9.69. The number of rotatable bonds is 3. The van der Waals surface area contributed by atoms with Crippen LogP contribution in [0.4, 0.5) is 0 Å². The van der Waals surface area contributed by atoms with Crippen LogP contribution >= 0.6 is 0 Å². The van der Waals surface area contributed by atoms with Crippen molar-refractivity contribution in [3.8, 4) is 5.75 Å². The average molecular weight is 268 g/mol. The summed E-state index contributed by atoms with van der Waals surface area (Å²) in [6, 6.07) is 12.3. The maximum Gasteiger partial charge on any atom is 0.125 e. The topological polar surface area (TPSA) is 29.5 Å². The predicted molar refractivity (Wildman–Crippen MR) is 80.3 cm³/mol. The van der Waals surface area contributed by atoms with Gasteiger partial charge in [-0.3, -0.25) is 0 Å². The standard InChI is InChI=1S/C18H20O2/c1-12-6-9-17(20-2)16(10-12)18(19)15-8-7-13-4-3-5-14(13)11-15/h6-11,18-19H,3-5H2,1-2H3. The molecule has 0 saturated heterocycles. The lowest BCUT2D eigenvalue weighted by molar-refractivity contribution is 0.214. The molecule has 2 aromatic carbocycles. The molecule has 1 atom stereocenters. The first-order valence-electron chi connectivity index (χ1n) is 7.13. The number of fused-ring (bicyclic) bond motifs is 1. The van der Waals surface area contributed by atoms with Crippen LogP contribution < -0.4 is 4.74 Å². The minimum atomic E-state index is -0.629. The highest BCUT2D eigenvalue weighted by Gasteiger charge is 2.18. The molecule has 1 N–H and O–H groups in total. The Hall–Kier alpha value is -1.80. The van der Waals surface area contributed by atoms with Crippen molar-refractivity contribution < 1.29 is 9.84 Å². The number of aryl methyl sites for hydroxylation is 3. The van der Waals surface area contributed by atoms with Crippen LogP contribution in [0.15, 0.2) is 36.4 Å². The Morgan fingerprint density at radius 2 is 1.85 bits per heavy atom. The first-order valence-corrected chi connectivity index (χ1v) is 7.13. The molecule has 0 fully saturated rings. The molecule has 2 heteroatoms. The smallest absolute Gasteiger partial charge is 0.125 e. The van der Waals surface area contributed by atoms with Gasteiger partial charge in [0.25, 0.3) is 0 Å². The van der Waals surface area contributed by atoms with Crippen molar-refractivity contribution in [3.05, 3.63) is 64.2 Å². The second kappa shape index (κ2) is 5.29. The van der Waals surface area contributed by atoms with E-state index in [0.717, 1.165) is 28.9 Å². The second-order valence-electron chi connectivity index (χ2n) is 5.53. The molecule has 1 aliphatic rings. The van der Waals surface area contributed by atoms with Gasteiger partial charge in [-0.15, -0.1) is 0 Å². The number of aliphatic hydroxyl groups excluding tert-OH is 1. The Morgan fingerprint density at radius 3 is 2.65 bits per heavy atom. The third kappa shape index (κ3) is 2.32. The summed E-state index contributed by atoms with van der Waals surface area (Å²) >= 11 is 0. The molecule has 0 bridgehead atoms. The summed E-state index contributed by atoms with van der Waals surface area (Å²) in [5.74, 6) is 0.739. The normalized spacial score (nSPS) is 14.9. The monoisotopic (exact) mass is 268 g/mol. The maximum absolute atomic E-state index is 10.7. The number of aliphatic hydroxyl groups is 1. The van der Waals surface area contributed by atoms with Crippen molar-refractivity contribution in [2.45, 2.75) is 32.3 Å². The summed E-state index contributed by atoms with van der Waals surface area (Å²) < 4.78 is 5.38. The van der Waals surface area contributed by atoms with E-state index in [1.807, 2.05) is 31.2 Å². The van der Waals surface area contributed by atoms with Crippen LogP contribution in [0.2, 0.25) is 0 Å². The highest BCUT2D eigenvalue weighted by atomic mass is 16.5. The van der Waals surface area contributed by atoms with Gasteiger partial charge in [0.05, 0.1) is 7.11 Å². The first kappa shape index (κ1) is 13.2. The Kier molecular flexibility index (Phi) is 3.49. The van der Waals surface area contributed by atoms with Crippen LogP contribution in [0.3, 0.4) is 0 Å². The van der Waals surface area contributed by atoms with E-state index in [0.29, 0.717) is 0 Å². The van der Waals surface area contributed by atoms with Crippen molar-refractivity contribution in [2.24, 2.45) is 0 Å². The molecule has 0 aromatic heterocycles. The molecule has 0 radical (unpaired) electrons. The van der Waals surface area contributed by atoms with E-state index in [1.54, 1.807) is 7.11 Å². The molecule has 0 amide bonds. The largest absolute Gasteiger partial charge is 0.496 e. The number of ether oxygens (including phenoxy) is 1. The fourth-order valence-electron chi connectivity index (χ4n) is 3.01. The lowest BCUT2D eigenvalue weighted by atomic mass is 9.96. The van der Waals surface area contributed by atoms with Gasteiger partial charge in [0.1, 0.15) is 11.9 Å². The molecule has 1 unspecified atom stereocenters. The SMILES string of the molecule is COc1ccc(C)cc1C(O)c1ccc2c(c1)CCC2. The zero-order chi connectivity index (χ0) is 14.1. The number of hydrogen-bond acceptors (Lipinski definition) is 2. The Balaban J connectivity index is 2.00. The summed E-state index contributed by atoms with van der Waals surface area (Å²) in [5, 5.41) is 10.7. The zero-order valence-corrected chi connectivity index (χ0v) is 12.0. The van der Waals surface area contributed by atoms with E-state index in [2.05, 4.69) is 12.1 Å². The summed E-state index contributed by atoms with van der Waals surface area (Å²) in [5.41, 5.74) is 5.73. The van der Waals surface area contributed by atoms with E-state index in [1.165, 1.54) is 24.0 Å². The van der Waals surface area contributed by atoms with Gasteiger partial charge in [-0.2, -0.15) is 0 Å². The van der Waals surface area contributed by atoms with Gasteiger partial charge >= 0.3 is 0 Å². The van der Waals surface area contributed by atoms with Crippen LogP contribution in [-0.2, 0) is 12.8 Å². The number of benzene rings is 2. The molecule has 2 nitrogen and oxygen atoms in total. The van der Waals surface area contributed by atoms with Crippen LogP contribution in [0, 0.1) is 6.92 Å². The molecule has 104 valence electrons. The highest BCUT2D eigenvalue weighted by Crippen LogP contribution is 2.33. The lowest BCUT2D eigenvalue weighted by Gasteiger charge is -2.17. The molecule has 0 heterocycles. The average Bonchev–Trinajstić information content (AvgIpc) is 2.93. The highest BCUT2D eigenvalue weighted by molar-refractivity contribution is 5.45. The van der Waals surface area contributed by atoms with E-state index in [-0.39, 0.29) is 0 Å².